The van der Waals surface area contributed by atoms with E-state index >= 15 is 0 Å². The summed E-state index contributed by atoms with van der Waals surface area (Å²) < 4.78 is 6.70. The van der Waals surface area contributed by atoms with Crippen LogP contribution in [0.25, 0.3) is 10.8 Å². The Balaban J connectivity index is 1.58. The number of fused-ring (bicyclic) bond motifs is 1. The van der Waals surface area contributed by atoms with E-state index in [1.807, 2.05) is 66.7 Å². The summed E-state index contributed by atoms with van der Waals surface area (Å²) in [6.45, 7) is 1.69. The second-order valence-corrected chi connectivity index (χ2v) is 6.47. The number of carbonyl (C=O) groups is 1. The molecule has 0 aliphatic carbocycles. The van der Waals surface area contributed by atoms with E-state index in [0.717, 1.165) is 20.8 Å². The zero-order valence-corrected chi connectivity index (χ0v) is 15.2. The molecule has 0 radical (unpaired) electrons. The molecule has 25 heavy (non-hydrogen) atoms. The Hall–Kier alpha value is -2.66. The van der Waals surface area contributed by atoms with Gasteiger partial charge in [-0.15, -0.1) is 0 Å². The molecule has 0 saturated heterocycles. The van der Waals surface area contributed by atoms with E-state index in [1.54, 1.807) is 13.1 Å². The third-order valence-corrected chi connectivity index (χ3v) is 4.19. The fraction of sp³-hybridized carbons (Fsp3) is 0.100. The number of benzene rings is 3. The molecule has 3 rings (SSSR count). The number of hydrazone groups is 1. The van der Waals surface area contributed by atoms with Crippen molar-refractivity contribution in [2.24, 2.45) is 5.10 Å². The molecular weight excluding hydrogens is 380 g/mol. The molecule has 0 aliphatic rings. The maximum absolute atomic E-state index is 12.1. The molecule has 126 valence electrons. The summed E-state index contributed by atoms with van der Waals surface area (Å²) in [6, 6.07) is 21.4. The molecule has 0 saturated carbocycles. The van der Waals surface area contributed by atoms with Crippen LogP contribution in [0.3, 0.4) is 0 Å². The van der Waals surface area contributed by atoms with Gasteiger partial charge in [0, 0.05) is 4.47 Å². The van der Waals surface area contributed by atoms with Gasteiger partial charge < -0.3 is 4.74 Å². The summed E-state index contributed by atoms with van der Waals surface area (Å²) in [4.78, 5) is 12.1. The Bertz CT molecular complexity index is 907. The molecule has 0 fully saturated rings. The average molecular weight is 397 g/mol. The van der Waals surface area contributed by atoms with E-state index in [1.165, 1.54) is 0 Å². The van der Waals surface area contributed by atoms with E-state index in [-0.39, 0.29) is 5.91 Å². The molecular formula is C20H17BrN2O2. The molecule has 1 amide bonds. The van der Waals surface area contributed by atoms with Crippen LogP contribution < -0.4 is 10.2 Å². The zero-order valence-electron chi connectivity index (χ0n) is 13.6. The van der Waals surface area contributed by atoms with E-state index in [0.29, 0.717) is 5.75 Å². The third kappa shape index (κ3) is 4.67. The normalized spacial score (nSPS) is 12.2. The van der Waals surface area contributed by atoms with Crippen molar-refractivity contribution in [2.45, 2.75) is 13.0 Å². The van der Waals surface area contributed by atoms with Crippen molar-refractivity contribution >= 4 is 38.8 Å². The molecule has 1 atom stereocenters. The van der Waals surface area contributed by atoms with Crippen LogP contribution in [-0.2, 0) is 4.79 Å². The first-order chi connectivity index (χ1) is 12.1. The highest BCUT2D eigenvalue weighted by atomic mass is 79.9. The third-order valence-electron chi connectivity index (χ3n) is 3.66. The van der Waals surface area contributed by atoms with E-state index in [2.05, 4.69) is 26.5 Å². The van der Waals surface area contributed by atoms with Gasteiger partial charge in [0.15, 0.2) is 6.10 Å². The van der Waals surface area contributed by atoms with E-state index in [9.17, 15) is 4.79 Å². The minimum Gasteiger partial charge on any atom is -0.481 e. The summed E-state index contributed by atoms with van der Waals surface area (Å²) in [5, 5.41) is 6.16. The first kappa shape index (κ1) is 17.2. The van der Waals surface area contributed by atoms with Gasteiger partial charge in [0.25, 0.3) is 5.91 Å². The van der Waals surface area contributed by atoms with Crippen molar-refractivity contribution in [1.29, 1.82) is 0 Å². The smallest absolute Gasteiger partial charge is 0.280 e. The summed E-state index contributed by atoms with van der Waals surface area (Å²) in [5.74, 6) is 0.347. The van der Waals surface area contributed by atoms with Gasteiger partial charge >= 0.3 is 0 Å². The SMILES string of the molecule is CC(Oc1ccc2ccccc2c1)C(=O)NN=Cc1ccc(Br)cc1. The van der Waals surface area contributed by atoms with E-state index < -0.39 is 6.10 Å². The lowest BCUT2D eigenvalue weighted by atomic mass is 10.1. The van der Waals surface area contributed by atoms with Gasteiger partial charge in [-0.25, -0.2) is 5.43 Å². The summed E-state index contributed by atoms with van der Waals surface area (Å²) >= 11 is 3.37. The molecule has 3 aromatic rings. The summed E-state index contributed by atoms with van der Waals surface area (Å²) in [7, 11) is 0. The maximum Gasteiger partial charge on any atom is 0.280 e. The van der Waals surface area contributed by atoms with Crippen LogP contribution in [0, 0.1) is 0 Å². The molecule has 0 heterocycles. The van der Waals surface area contributed by atoms with Gasteiger partial charge in [0.2, 0.25) is 0 Å². The Morgan fingerprint density at radius 2 is 1.80 bits per heavy atom. The molecule has 0 aromatic heterocycles. The van der Waals surface area contributed by atoms with Crippen molar-refractivity contribution in [1.82, 2.24) is 5.43 Å². The lowest BCUT2D eigenvalue weighted by Gasteiger charge is -2.13. The number of nitrogens with one attached hydrogen (secondary N) is 1. The molecule has 4 nitrogen and oxygen atoms in total. The van der Waals surface area contributed by atoms with Crippen LogP contribution in [0.2, 0.25) is 0 Å². The monoisotopic (exact) mass is 396 g/mol. The highest BCUT2D eigenvalue weighted by molar-refractivity contribution is 9.10. The predicted octanol–water partition coefficient (Wildman–Crippen LogP) is 4.52. The maximum atomic E-state index is 12.1. The fourth-order valence-corrected chi connectivity index (χ4v) is 2.57. The Morgan fingerprint density at radius 3 is 2.56 bits per heavy atom. The number of hydrogen-bond acceptors (Lipinski definition) is 3. The van der Waals surface area contributed by atoms with Gasteiger partial charge in [-0.2, -0.15) is 5.10 Å². The van der Waals surface area contributed by atoms with Crippen LogP contribution in [-0.4, -0.2) is 18.2 Å². The molecule has 3 aromatic carbocycles. The first-order valence-electron chi connectivity index (χ1n) is 7.86. The minimum atomic E-state index is -0.650. The van der Waals surface area contributed by atoms with Crippen LogP contribution in [0.5, 0.6) is 5.75 Å². The minimum absolute atomic E-state index is 0.304. The lowest BCUT2D eigenvalue weighted by Crippen LogP contribution is -2.33. The Labute approximate surface area is 154 Å². The van der Waals surface area contributed by atoms with Gasteiger partial charge in [-0.05, 0) is 47.5 Å². The van der Waals surface area contributed by atoms with Gasteiger partial charge in [-0.3, -0.25) is 4.79 Å². The molecule has 0 aliphatic heterocycles. The molecule has 1 unspecified atom stereocenters. The highest BCUT2D eigenvalue weighted by Crippen LogP contribution is 2.21. The van der Waals surface area contributed by atoms with Crippen molar-refractivity contribution in [2.75, 3.05) is 0 Å². The van der Waals surface area contributed by atoms with Gasteiger partial charge in [0.05, 0.1) is 6.21 Å². The second-order valence-electron chi connectivity index (χ2n) is 5.55. The topological polar surface area (TPSA) is 50.7 Å². The number of carbonyl (C=O) groups excluding carboxylic acids is 1. The molecule has 1 N–H and O–H groups in total. The quantitative estimate of drug-likeness (QED) is 0.509. The summed E-state index contributed by atoms with van der Waals surface area (Å²) in [5.41, 5.74) is 3.39. The number of amides is 1. The first-order valence-corrected chi connectivity index (χ1v) is 8.65. The zero-order chi connectivity index (χ0) is 17.6. The number of rotatable bonds is 5. The van der Waals surface area contributed by atoms with Gasteiger partial charge in [-0.1, -0.05) is 58.4 Å². The second kappa shape index (κ2) is 7.94. The van der Waals surface area contributed by atoms with Crippen LogP contribution in [0.1, 0.15) is 12.5 Å². The highest BCUT2D eigenvalue weighted by Gasteiger charge is 2.14. The number of halogens is 1. The summed E-state index contributed by atoms with van der Waals surface area (Å²) in [6.07, 6.45) is 0.941. The molecule has 0 spiro atoms. The van der Waals surface area contributed by atoms with Crippen LogP contribution >= 0.6 is 15.9 Å². The van der Waals surface area contributed by atoms with Crippen molar-refractivity contribution < 1.29 is 9.53 Å². The standard InChI is InChI=1S/C20H17BrN2O2/c1-14(20(24)23-22-13-15-6-9-18(21)10-7-15)25-19-11-8-16-4-2-3-5-17(16)12-19/h2-14H,1H3,(H,23,24). The Morgan fingerprint density at radius 1 is 1.08 bits per heavy atom. The largest absolute Gasteiger partial charge is 0.481 e. The number of hydrogen-bond donors (Lipinski definition) is 1. The van der Waals surface area contributed by atoms with Crippen molar-refractivity contribution in [3.8, 4) is 5.75 Å². The lowest BCUT2D eigenvalue weighted by molar-refractivity contribution is -0.127. The predicted molar refractivity (Wildman–Crippen MR) is 104 cm³/mol. The molecule has 5 heteroatoms. The van der Waals surface area contributed by atoms with E-state index in [4.69, 9.17) is 4.74 Å². The number of ether oxygens (including phenoxy) is 1. The fourth-order valence-electron chi connectivity index (χ4n) is 2.31. The van der Waals surface area contributed by atoms with Crippen LogP contribution in [0.4, 0.5) is 0 Å². The van der Waals surface area contributed by atoms with Crippen molar-refractivity contribution in [3.63, 3.8) is 0 Å². The molecule has 0 bridgehead atoms. The average Bonchev–Trinajstić information content (AvgIpc) is 2.63. The number of nitrogens with zero attached hydrogens (tertiary/aromatic N) is 1. The Kier molecular flexibility index (Phi) is 5.46. The van der Waals surface area contributed by atoms with Gasteiger partial charge in [0.1, 0.15) is 5.75 Å². The van der Waals surface area contributed by atoms with Crippen LogP contribution in [0.15, 0.2) is 76.3 Å². The van der Waals surface area contributed by atoms with Crippen molar-refractivity contribution in [3.05, 3.63) is 76.8 Å².